The fourth-order valence-corrected chi connectivity index (χ4v) is 6.43. The van der Waals surface area contributed by atoms with Crippen molar-refractivity contribution in [3.63, 3.8) is 0 Å². The van der Waals surface area contributed by atoms with Gasteiger partial charge in [-0.25, -0.2) is 9.67 Å². The quantitative estimate of drug-likeness (QED) is 0.247. The van der Waals surface area contributed by atoms with Crippen LogP contribution in [0.4, 0.5) is 19.0 Å². The summed E-state index contributed by atoms with van der Waals surface area (Å²) >= 11 is -1.77. The van der Waals surface area contributed by atoms with Crippen LogP contribution in [-0.4, -0.2) is 60.3 Å². The molecule has 5 rings (SSSR count). The highest BCUT2D eigenvalue weighted by Crippen LogP contribution is 2.57. The van der Waals surface area contributed by atoms with Gasteiger partial charge in [-0.2, -0.15) is 17.9 Å². The van der Waals surface area contributed by atoms with Crippen molar-refractivity contribution >= 4 is 33.3 Å². The molecule has 3 atom stereocenters. The maximum Gasteiger partial charge on any atom is 0.397 e. The van der Waals surface area contributed by atoms with E-state index in [0.29, 0.717) is 34.9 Å². The second kappa shape index (κ2) is 11.6. The van der Waals surface area contributed by atoms with Crippen LogP contribution in [0, 0.1) is 17.3 Å². The molecule has 8 nitrogen and oxygen atoms in total. The summed E-state index contributed by atoms with van der Waals surface area (Å²) in [7, 11) is 3.64. The van der Waals surface area contributed by atoms with Crippen LogP contribution >= 0.6 is 0 Å². The number of alkyl halides is 3. The Labute approximate surface area is 249 Å². The fraction of sp³-hybridized carbons (Fsp3) is 0.483. The Balaban J connectivity index is 1.44. The lowest BCUT2D eigenvalue weighted by Crippen LogP contribution is -2.41. The van der Waals surface area contributed by atoms with Crippen LogP contribution in [0.15, 0.2) is 59.6 Å². The molecule has 2 fully saturated rings. The number of halogens is 3. The van der Waals surface area contributed by atoms with E-state index in [1.54, 1.807) is 48.7 Å². The molecule has 3 aromatic rings. The number of pyridine rings is 1. The van der Waals surface area contributed by atoms with Crippen molar-refractivity contribution in [2.24, 2.45) is 17.3 Å². The van der Waals surface area contributed by atoms with Crippen LogP contribution in [0.3, 0.4) is 0 Å². The number of hydrogen-bond acceptors (Lipinski definition) is 6. The molecule has 223 valence electrons. The number of aromatic nitrogens is 3. The first kappa shape index (κ1) is 30.4. The van der Waals surface area contributed by atoms with E-state index in [9.17, 15) is 22.5 Å². The first-order chi connectivity index (χ1) is 19.8. The minimum atomic E-state index is -4.32. The lowest BCUT2D eigenvalue weighted by molar-refractivity contribution is -0.194. The number of benzene rings is 1. The van der Waals surface area contributed by atoms with Gasteiger partial charge in [0.2, 0.25) is 5.88 Å². The van der Waals surface area contributed by atoms with Crippen molar-refractivity contribution in [2.75, 3.05) is 18.1 Å². The third-order valence-electron chi connectivity index (χ3n) is 8.29. The number of hydrogen-bond donors (Lipinski definition) is 1. The molecule has 1 N–H and O–H groups in total. The molecule has 13 heteroatoms. The number of carbonyl (C=O) groups excluding carboxylic acids is 1. The number of carbonyl (C=O) groups is 1. The molecular formula is C29H33F3N5O3SSi. The highest BCUT2D eigenvalue weighted by molar-refractivity contribution is 7.90. The van der Waals surface area contributed by atoms with Crippen molar-refractivity contribution < 1.29 is 27.3 Å². The smallest absolute Gasteiger partial charge is 0.397 e. The Bertz CT molecular complexity index is 1420. The molecule has 42 heavy (non-hydrogen) atoms. The molecule has 0 spiro atoms. The molecule has 3 unspecified atom stereocenters. The zero-order valence-electron chi connectivity index (χ0n) is 23.6. The average Bonchev–Trinajstić information content (AvgIpc) is 3.51. The maximum atomic E-state index is 13.5. The van der Waals surface area contributed by atoms with Crippen molar-refractivity contribution in [2.45, 2.75) is 62.7 Å². The van der Waals surface area contributed by atoms with Gasteiger partial charge in [0.05, 0.1) is 5.56 Å². The van der Waals surface area contributed by atoms with Gasteiger partial charge in [0.15, 0.2) is 10.7 Å². The van der Waals surface area contributed by atoms with Gasteiger partial charge in [0.1, 0.15) is 29.2 Å². The highest BCUT2D eigenvalue weighted by Gasteiger charge is 2.64. The van der Waals surface area contributed by atoms with E-state index in [-0.39, 0.29) is 29.8 Å². The third-order valence-corrected chi connectivity index (χ3v) is 10.0. The summed E-state index contributed by atoms with van der Waals surface area (Å²) in [5.74, 6) is 1.02. The van der Waals surface area contributed by atoms with E-state index in [1.807, 2.05) is 0 Å². The Kier molecular flexibility index (Phi) is 8.38. The third kappa shape index (κ3) is 6.18. The van der Waals surface area contributed by atoms with Crippen LogP contribution in [0.25, 0.3) is 5.82 Å². The molecule has 2 aromatic heterocycles. The molecular weight excluding hydrogens is 583 g/mol. The fourth-order valence-electron chi connectivity index (χ4n) is 5.29. The van der Waals surface area contributed by atoms with Crippen molar-refractivity contribution in [3.05, 3.63) is 60.3 Å². The first-order valence-corrected chi connectivity index (χ1v) is 15.7. The summed E-state index contributed by atoms with van der Waals surface area (Å²) in [6, 6.07) is 14.2. The monoisotopic (exact) mass is 616 g/mol. The molecule has 3 heterocycles. The summed E-state index contributed by atoms with van der Waals surface area (Å²) in [5, 5.41) is 4.31. The second-order valence-electron chi connectivity index (χ2n) is 11.8. The SMILES string of the molecule is CC(C[Si])C1CN(c2nc(-n3ccc(OCC4(C(F)(F)F)CC4)n3)ccc2C(=O)N[S+]([O-])c2ccccc2)C(C)(C)C1. The number of amides is 1. The molecule has 1 aliphatic heterocycles. The molecule has 1 amide bonds. The molecule has 1 saturated carbocycles. The highest BCUT2D eigenvalue weighted by atomic mass is 32.2. The topological polar surface area (TPSA) is 95.3 Å². The summed E-state index contributed by atoms with van der Waals surface area (Å²) < 4.78 is 62.3. The lowest BCUT2D eigenvalue weighted by atomic mass is 9.89. The number of nitrogens with zero attached hydrogens (tertiary/aromatic N) is 4. The van der Waals surface area contributed by atoms with Gasteiger partial charge in [-0.3, -0.25) is 4.79 Å². The van der Waals surface area contributed by atoms with Gasteiger partial charge in [0, 0.05) is 34.6 Å². The van der Waals surface area contributed by atoms with E-state index in [0.717, 1.165) is 12.5 Å². The van der Waals surface area contributed by atoms with Gasteiger partial charge in [-0.05, 0) is 69.2 Å². The number of nitrogens with one attached hydrogen (secondary N) is 1. The van der Waals surface area contributed by atoms with E-state index in [1.165, 1.54) is 10.7 Å². The van der Waals surface area contributed by atoms with Crippen molar-refractivity contribution in [1.82, 2.24) is 19.5 Å². The molecule has 1 saturated heterocycles. The van der Waals surface area contributed by atoms with Gasteiger partial charge < -0.3 is 14.2 Å². The second-order valence-corrected chi connectivity index (χ2v) is 13.4. The Morgan fingerprint density at radius 1 is 1.21 bits per heavy atom. The summed E-state index contributed by atoms with van der Waals surface area (Å²) in [6.07, 6.45) is -1.80. The molecule has 2 aliphatic rings. The van der Waals surface area contributed by atoms with E-state index >= 15 is 0 Å². The van der Waals surface area contributed by atoms with Crippen LogP contribution in [0.5, 0.6) is 5.88 Å². The van der Waals surface area contributed by atoms with E-state index in [2.05, 4.69) is 45.7 Å². The first-order valence-electron chi connectivity index (χ1n) is 13.8. The molecule has 0 bridgehead atoms. The normalized spacial score (nSPS) is 20.7. The standard InChI is InChI=1S/C29H33F3N5O3SSi/c1-19(17-42)20-15-27(2,3)36(16-20)25-22(26(38)35-41(39)21-7-5-4-6-8-21)9-10-23(33-25)37-14-11-24(34-37)40-18-28(12-13-28)29(30,31)32/h4-11,14,19-20H,12-13,15-18H2,1-3H3,(H,35,38). The largest absolute Gasteiger partial charge is 0.588 e. The minimum absolute atomic E-state index is 0.0426. The Morgan fingerprint density at radius 3 is 2.57 bits per heavy atom. The maximum absolute atomic E-state index is 13.5. The average molecular weight is 617 g/mol. The zero-order valence-corrected chi connectivity index (χ0v) is 25.5. The van der Waals surface area contributed by atoms with Crippen LogP contribution < -0.4 is 14.4 Å². The summed E-state index contributed by atoms with van der Waals surface area (Å²) in [5.41, 5.74) is -1.89. The zero-order chi connectivity index (χ0) is 30.3. The van der Waals surface area contributed by atoms with Crippen LogP contribution in [0.1, 0.15) is 50.4 Å². The Hall–Kier alpha value is -3.03. The van der Waals surface area contributed by atoms with Crippen molar-refractivity contribution in [1.29, 1.82) is 0 Å². The van der Waals surface area contributed by atoms with Gasteiger partial charge in [0.25, 0.3) is 5.91 Å². The summed E-state index contributed by atoms with van der Waals surface area (Å²) in [4.78, 5) is 20.9. The van der Waals surface area contributed by atoms with E-state index in [4.69, 9.17) is 9.72 Å². The van der Waals surface area contributed by atoms with E-state index < -0.39 is 35.5 Å². The van der Waals surface area contributed by atoms with Gasteiger partial charge in [-0.1, -0.05) is 31.2 Å². The van der Waals surface area contributed by atoms with Gasteiger partial charge >= 0.3 is 6.18 Å². The number of rotatable bonds is 10. The minimum Gasteiger partial charge on any atom is -0.588 e. The molecule has 1 aliphatic carbocycles. The lowest BCUT2D eigenvalue weighted by Gasteiger charge is -2.33. The number of ether oxygens (including phenoxy) is 1. The molecule has 3 radical (unpaired) electrons. The predicted octanol–water partition coefficient (Wildman–Crippen LogP) is 5.27. The van der Waals surface area contributed by atoms with Crippen LogP contribution in [0.2, 0.25) is 6.04 Å². The summed E-state index contributed by atoms with van der Waals surface area (Å²) in [6.45, 7) is 6.54. The molecule has 1 aromatic carbocycles. The Morgan fingerprint density at radius 2 is 1.93 bits per heavy atom. The van der Waals surface area contributed by atoms with Crippen LogP contribution in [-0.2, 0) is 11.4 Å². The van der Waals surface area contributed by atoms with Gasteiger partial charge in [-0.15, -0.1) is 5.10 Å². The number of anilines is 1. The van der Waals surface area contributed by atoms with Crippen molar-refractivity contribution in [3.8, 4) is 11.7 Å². The predicted molar refractivity (Wildman–Crippen MR) is 154 cm³/mol.